The third kappa shape index (κ3) is 7.11. The summed E-state index contributed by atoms with van der Waals surface area (Å²) in [4.78, 5) is 47.6. The quantitative estimate of drug-likeness (QED) is 0.620. The van der Waals surface area contributed by atoms with Crippen LogP contribution in [0, 0.1) is 5.41 Å². The average Bonchev–Trinajstić information content (AvgIpc) is 2.92. The summed E-state index contributed by atoms with van der Waals surface area (Å²) in [6.45, 7) is 7.17. The van der Waals surface area contributed by atoms with E-state index in [9.17, 15) is 19.2 Å². The molecule has 0 heterocycles. The van der Waals surface area contributed by atoms with Gasteiger partial charge in [0.1, 0.15) is 0 Å². The molecule has 1 saturated carbocycles. The number of carbonyl (C=O) groups excluding carboxylic acids is 4. The predicted octanol–water partition coefficient (Wildman–Crippen LogP) is 1.24. The molecule has 0 radical (unpaired) electrons. The Morgan fingerprint density at radius 1 is 1.04 bits per heavy atom. The lowest BCUT2D eigenvalue weighted by molar-refractivity contribution is -0.160. The highest BCUT2D eigenvalue weighted by molar-refractivity contribution is 5.96. The lowest BCUT2D eigenvalue weighted by Gasteiger charge is -2.28. The first-order chi connectivity index (χ1) is 11.6. The zero-order chi connectivity index (χ0) is 19.1. The fourth-order valence-corrected chi connectivity index (χ4v) is 2.93. The standard InChI is InChI=1S/C17H29N3O5/c1-5-18-15(24)19-13(22)11-25-14(23)17(8-6-7-9-17)10-12(21)20-16(2,3)4/h5-11H2,1-4H3,(H,20,21)(H2,18,19,22,24). The maximum atomic E-state index is 12.5. The van der Waals surface area contributed by atoms with Crippen LogP contribution in [-0.4, -0.2) is 42.5 Å². The first kappa shape index (κ1) is 20.9. The lowest BCUT2D eigenvalue weighted by atomic mass is 9.82. The van der Waals surface area contributed by atoms with E-state index >= 15 is 0 Å². The maximum absolute atomic E-state index is 12.5. The molecule has 4 amide bonds. The van der Waals surface area contributed by atoms with Gasteiger partial charge in [-0.05, 0) is 40.5 Å². The van der Waals surface area contributed by atoms with Crippen molar-refractivity contribution in [2.75, 3.05) is 13.2 Å². The van der Waals surface area contributed by atoms with Crippen molar-refractivity contribution in [2.24, 2.45) is 5.41 Å². The minimum Gasteiger partial charge on any atom is -0.455 e. The molecule has 0 saturated heterocycles. The van der Waals surface area contributed by atoms with Gasteiger partial charge in [0.2, 0.25) is 5.91 Å². The Bertz CT molecular complexity index is 519. The summed E-state index contributed by atoms with van der Waals surface area (Å²) in [7, 11) is 0. The molecular weight excluding hydrogens is 326 g/mol. The van der Waals surface area contributed by atoms with Crippen LogP contribution in [0.4, 0.5) is 4.79 Å². The largest absolute Gasteiger partial charge is 0.455 e. The van der Waals surface area contributed by atoms with Gasteiger partial charge in [-0.25, -0.2) is 4.79 Å². The molecule has 0 bridgehead atoms. The normalized spacial score (nSPS) is 16.0. The summed E-state index contributed by atoms with van der Waals surface area (Å²) in [5, 5.41) is 7.33. The molecule has 0 atom stereocenters. The highest BCUT2D eigenvalue weighted by Gasteiger charge is 2.44. The summed E-state index contributed by atoms with van der Waals surface area (Å²) in [6, 6.07) is -0.635. The first-order valence-electron chi connectivity index (χ1n) is 8.64. The second-order valence-electron chi connectivity index (χ2n) is 7.45. The van der Waals surface area contributed by atoms with Gasteiger partial charge in [0.15, 0.2) is 6.61 Å². The van der Waals surface area contributed by atoms with Gasteiger partial charge in [0.25, 0.3) is 5.91 Å². The molecule has 1 rings (SSSR count). The second-order valence-corrected chi connectivity index (χ2v) is 7.45. The Morgan fingerprint density at radius 3 is 2.16 bits per heavy atom. The van der Waals surface area contributed by atoms with Gasteiger partial charge in [-0.2, -0.15) is 0 Å². The number of hydrogen-bond acceptors (Lipinski definition) is 5. The van der Waals surface area contributed by atoms with Gasteiger partial charge >= 0.3 is 12.0 Å². The number of urea groups is 1. The van der Waals surface area contributed by atoms with E-state index in [0.717, 1.165) is 12.8 Å². The number of nitrogens with one attached hydrogen (secondary N) is 3. The van der Waals surface area contributed by atoms with E-state index in [1.54, 1.807) is 6.92 Å². The monoisotopic (exact) mass is 355 g/mol. The summed E-state index contributed by atoms with van der Waals surface area (Å²) >= 11 is 0. The molecule has 0 unspecified atom stereocenters. The van der Waals surface area contributed by atoms with Crippen LogP contribution in [0.15, 0.2) is 0 Å². The average molecular weight is 355 g/mol. The van der Waals surface area contributed by atoms with Crippen molar-refractivity contribution in [2.45, 2.75) is 65.3 Å². The molecule has 0 spiro atoms. The SMILES string of the molecule is CCNC(=O)NC(=O)COC(=O)C1(CC(=O)NC(C)(C)C)CCCC1. The number of esters is 1. The van der Waals surface area contributed by atoms with Crippen molar-refractivity contribution in [3.05, 3.63) is 0 Å². The third-order valence-corrected chi connectivity index (χ3v) is 3.93. The first-order valence-corrected chi connectivity index (χ1v) is 8.64. The van der Waals surface area contributed by atoms with Crippen molar-refractivity contribution in [3.63, 3.8) is 0 Å². The van der Waals surface area contributed by atoms with Crippen molar-refractivity contribution in [1.82, 2.24) is 16.0 Å². The van der Waals surface area contributed by atoms with E-state index in [-0.39, 0.29) is 17.9 Å². The molecule has 0 aromatic rings. The van der Waals surface area contributed by atoms with Crippen molar-refractivity contribution in [1.29, 1.82) is 0 Å². The minimum absolute atomic E-state index is 0.0427. The van der Waals surface area contributed by atoms with Gasteiger partial charge in [0, 0.05) is 18.5 Å². The molecule has 1 fully saturated rings. The van der Waals surface area contributed by atoms with Crippen LogP contribution in [-0.2, 0) is 19.1 Å². The van der Waals surface area contributed by atoms with Crippen LogP contribution in [0.2, 0.25) is 0 Å². The topological polar surface area (TPSA) is 114 Å². The van der Waals surface area contributed by atoms with Crippen LogP contribution in [0.25, 0.3) is 0 Å². The van der Waals surface area contributed by atoms with Gasteiger partial charge in [0.05, 0.1) is 5.41 Å². The van der Waals surface area contributed by atoms with E-state index in [1.807, 2.05) is 20.8 Å². The van der Waals surface area contributed by atoms with Gasteiger partial charge in [-0.3, -0.25) is 19.7 Å². The number of amides is 4. The Morgan fingerprint density at radius 2 is 1.64 bits per heavy atom. The molecule has 8 heteroatoms. The molecular formula is C17H29N3O5. The number of imide groups is 1. The summed E-state index contributed by atoms with van der Waals surface area (Å²) in [5.74, 6) is -1.47. The van der Waals surface area contributed by atoms with Crippen LogP contribution < -0.4 is 16.0 Å². The predicted molar refractivity (Wildman–Crippen MR) is 91.6 cm³/mol. The molecule has 0 aromatic carbocycles. The van der Waals surface area contributed by atoms with Crippen LogP contribution in [0.5, 0.6) is 0 Å². The maximum Gasteiger partial charge on any atom is 0.321 e. The second kappa shape index (κ2) is 8.82. The smallest absolute Gasteiger partial charge is 0.321 e. The number of hydrogen-bond donors (Lipinski definition) is 3. The van der Waals surface area contributed by atoms with Gasteiger partial charge in [-0.15, -0.1) is 0 Å². The molecule has 1 aliphatic rings. The zero-order valence-corrected chi connectivity index (χ0v) is 15.5. The van der Waals surface area contributed by atoms with E-state index < -0.39 is 29.9 Å². The Balaban J connectivity index is 2.60. The summed E-state index contributed by atoms with van der Waals surface area (Å²) in [6.07, 6.45) is 2.83. The third-order valence-electron chi connectivity index (χ3n) is 3.93. The molecule has 3 N–H and O–H groups in total. The van der Waals surface area contributed by atoms with Crippen molar-refractivity contribution in [3.8, 4) is 0 Å². The Hall–Kier alpha value is -2.12. The van der Waals surface area contributed by atoms with Crippen LogP contribution >= 0.6 is 0 Å². The van der Waals surface area contributed by atoms with Crippen molar-refractivity contribution >= 4 is 23.8 Å². The number of ether oxygens (including phenoxy) is 1. The number of rotatable bonds is 6. The summed E-state index contributed by atoms with van der Waals surface area (Å²) < 4.78 is 5.09. The molecule has 25 heavy (non-hydrogen) atoms. The fourth-order valence-electron chi connectivity index (χ4n) is 2.93. The molecule has 0 aliphatic heterocycles. The van der Waals surface area contributed by atoms with Gasteiger partial charge < -0.3 is 15.4 Å². The Kier molecular flexibility index (Phi) is 7.38. The molecule has 1 aliphatic carbocycles. The lowest BCUT2D eigenvalue weighted by Crippen LogP contribution is -2.45. The fraction of sp³-hybridized carbons (Fsp3) is 0.765. The molecule has 142 valence electrons. The highest BCUT2D eigenvalue weighted by Crippen LogP contribution is 2.42. The Labute approximate surface area is 148 Å². The highest BCUT2D eigenvalue weighted by atomic mass is 16.5. The molecule has 8 nitrogen and oxygen atoms in total. The van der Waals surface area contributed by atoms with Crippen LogP contribution in [0.1, 0.15) is 59.8 Å². The van der Waals surface area contributed by atoms with Crippen LogP contribution in [0.3, 0.4) is 0 Å². The molecule has 0 aromatic heterocycles. The summed E-state index contributed by atoms with van der Waals surface area (Å²) in [5.41, 5.74) is -1.27. The van der Waals surface area contributed by atoms with E-state index in [4.69, 9.17) is 4.74 Å². The van der Waals surface area contributed by atoms with Gasteiger partial charge in [-0.1, -0.05) is 12.8 Å². The van der Waals surface area contributed by atoms with E-state index in [0.29, 0.717) is 19.4 Å². The minimum atomic E-state index is -0.888. The van der Waals surface area contributed by atoms with E-state index in [1.165, 1.54) is 0 Å². The van der Waals surface area contributed by atoms with Crippen molar-refractivity contribution < 1.29 is 23.9 Å². The van der Waals surface area contributed by atoms with E-state index in [2.05, 4.69) is 16.0 Å². The number of carbonyl (C=O) groups is 4. The zero-order valence-electron chi connectivity index (χ0n) is 15.5.